The number of carbonyl (C=O) groups excluding carboxylic acids is 1. The molecule has 0 spiro atoms. The highest BCUT2D eigenvalue weighted by Crippen LogP contribution is 2.28. The van der Waals surface area contributed by atoms with E-state index in [0.717, 1.165) is 45.2 Å². The third-order valence-electron chi connectivity index (χ3n) is 5.81. The van der Waals surface area contributed by atoms with E-state index in [1.165, 1.54) is 4.31 Å². The lowest BCUT2D eigenvalue weighted by molar-refractivity contribution is -0.139. The summed E-state index contributed by atoms with van der Waals surface area (Å²) in [5, 5.41) is 0. The van der Waals surface area contributed by atoms with Gasteiger partial charge in [-0.25, -0.2) is 0 Å². The molecule has 0 radical (unpaired) electrons. The Labute approximate surface area is 151 Å². The van der Waals surface area contributed by atoms with Gasteiger partial charge in [0.25, 0.3) is 10.2 Å². The molecule has 0 aromatic rings. The molecule has 2 heterocycles. The molecule has 0 atom stereocenters. The largest absolute Gasteiger partial charge is 0.338 e. The van der Waals surface area contributed by atoms with Crippen molar-refractivity contribution in [2.24, 2.45) is 5.73 Å². The number of carbonyl (C=O) groups is 1. The number of rotatable bonds is 3. The molecule has 8 nitrogen and oxygen atoms in total. The van der Waals surface area contributed by atoms with E-state index < -0.39 is 15.7 Å². The molecule has 144 valence electrons. The Hall–Kier alpha value is -0.740. The van der Waals surface area contributed by atoms with Crippen LogP contribution in [0.15, 0.2) is 0 Å². The molecule has 0 aromatic carbocycles. The van der Waals surface area contributed by atoms with Crippen LogP contribution in [-0.2, 0) is 15.0 Å². The van der Waals surface area contributed by atoms with Crippen LogP contribution in [0.25, 0.3) is 0 Å². The highest BCUT2D eigenvalue weighted by molar-refractivity contribution is 7.86. The molecular weight excluding hydrogens is 342 g/mol. The van der Waals surface area contributed by atoms with Crippen molar-refractivity contribution in [3.63, 3.8) is 0 Å². The molecule has 1 saturated carbocycles. The molecule has 25 heavy (non-hydrogen) atoms. The number of amides is 1. The van der Waals surface area contributed by atoms with Crippen LogP contribution in [-0.4, -0.2) is 97.7 Å². The number of nitrogens with two attached hydrogens (primary N) is 1. The van der Waals surface area contributed by atoms with Gasteiger partial charge in [0.2, 0.25) is 5.91 Å². The molecule has 0 unspecified atom stereocenters. The minimum Gasteiger partial charge on any atom is -0.338 e. The van der Waals surface area contributed by atoms with Crippen molar-refractivity contribution >= 4 is 16.1 Å². The molecule has 1 aliphatic carbocycles. The molecule has 2 aliphatic heterocycles. The molecule has 2 N–H and O–H groups in total. The third kappa shape index (κ3) is 4.00. The first kappa shape index (κ1) is 19.0. The van der Waals surface area contributed by atoms with Crippen molar-refractivity contribution in [1.82, 2.24) is 18.4 Å². The van der Waals surface area contributed by atoms with Gasteiger partial charge in [0.1, 0.15) is 0 Å². The topological polar surface area (TPSA) is 90.2 Å². The summed E-state index contributed by atoms with van der Waals surface area (Å²) in [5.41, 5.74) is 5.61. The predicted molar refractivity (Wildman–Crippen MR) is 96.1 cm³/mol. The zero-order chi connectivity index (χ0) is 18.1. The van der Waals surface area contributed by atoms with Crippen molar-refractivity contribution in [3.8, 4) is 0 Å². The lowest BCUT2D eigenvalue weighted by Gasteiger charge is -2.42. The Morgan fingerprint density at radius 2 is 1.32 bits per heavy atom. The van der Waals surface area contributed by atoms with Gasteiger partial charge in [-0.2, -0.15) is 17.0 Å². The van der Waals surface area contributed by atoms with E-state index in [1.54, 1.807) is 9.21 Å². The first-order valence-corrected chi connectivity index (χ1v) is 10.7. The van der Waals surface area contributed by atoms with Gasteiger partial charge in [-0.1, -0.05) is 19.3 Å². The highest BCUT2D eigenvalue weighted by atomic mass is 32.2. The van der Waals surface area contributed by atoms with E-state index in [9.17, 15) is 13.2 Å². The van der Waals surface area contributed by atoms with Crippen LogP contribution in [0.2, 0.25) is 0 Å². The van der Waals surface area contributed by atoms with Crippen molar-refractivity contribution in [1.29, 1.82) is 0 Å². The fourth-order valence-electron chi connectivity index (χ4n) is 4.02. The maximum atomic E-state index is 12.8. The minimum atomic E-state index is -3.43. The zero-order valence-electron chi connectivity index (χ0n) is 15.2. The summed E-state index contributed by atoms with van der Waals surface area (Å²) >= 11 is 0. The molecule has 1 amide bonds. The number of hydrogen-bond acceptors (Lipinski definition) is 5. The zero-order valence-corrected chi connectivity index (χ0v) is 16.0. The molecular formula is C16H31N5O3S. The molecule has 0 aromatic heterocycles. The van der Waals surface area contributed by atoms with Crippen molar-refractivity contribution < 1.29 is 13.2 Å². The molecule has 0 bridgehead atoms. The van der Waals surface area contributed by atoms with E-state index in [-0.39, 0.29) is 5.91 Å². The standard InChI is InChI=1S/C16H31N5O3S/c1-18-7-11-20(12-8-18)25(23,24)21-13-9-19(10-14-21)15(22)16(17)5-3-2-4-6-16/h2-14,17H2,1H3. The SMILES string of the molecule is CN1CCN(S(=O)(=O)N2CCN(C(=O)C3(N)CCCCC3)CC2)CC1. The second kappa shape index (κ2) is 7.48. The summed E-state index contributed by atoms with van der Waals surface area (Å²) in [6.07, 6.45) is 4.63. The molecule has 3 fully saturated rings. The van der Waals surface area contributed by atoms with Gasteiger partial charge >= 0.3 is 0 Å². The number of nitrogens with zero attached hydrogens (tertiary/aromatic N) is 4. The number of piperazine rings is 2. The van der Waals surface area contributed by atoms with Crippen LogP contribution in [0.5, 0.6) is 0 Å². The Morgan fingerprint density at radius 1 is 0.840 bits per heavy atom. The highest BCUT2D eigenvalue weighted by Gasteiger charge is 2.41. The third-order valence-corrected chi connectivity index (χ3v) is 7.85. The summed E-state index contributed by atoms with van der Waals surface area (Å²) in [5.74, 6) is 0.00356. The van der Waals surface area contributed by atoms with Crippen LogP contribution in [0.4, 0.5) is 0 Å². The predicted octanol–water partition coefficient (Wildman–Crippen LogP) is -0.716. The second-order valence-corrected chi connectivity index (χ2v) is 9.55. The van der Waals surface area contributed by atoms with Crippen LogP contribution >= 0.6 is 0 Å². The van der Waals surface area contributed by atoms with Crippen LogP contribution < -0.4 is 5.73 Å². The van der Waals surface area contributed by atoms with Crippen molar-refractivity contribution in [2.45, 2.75) is 37.6 Å². The Bertz CT molecular complexity index is 575. The van der Waals surface area contributed by atoms with Gasteiger partial charge in [0, 0.05) is 52.4 Å². The van der Waals surface area contributed by atoms with Crippen molar-refractivity contribution in [3.05, 3.63) is 0 Å². The van der Waals surface area contributed by atoms with Gasteiger partial charge in [-0.15, -0.1) is 0 Å². The average Bonchev–Trinajstić information content (AvgIpc) is 2.62. The Morgan fingerprint density at radius 3 is 1.84 bits per heavy atom. The van der Waals surface area contributed by atoms with E-state index >= 15 is 0 Å². The molecule has 2 saturated heterocycles. The number of hydrogen-bond donors (Lipinski definition) is 1. The van der Waals surface area contributed by atoms with Gasteiger partial charge in [0.15, 0.2) is 0 Å². The van der Waals surface area contributed by atoms with E-state index in [2.05, 4.69) is 4.90 Å². The fraction of sp³-hybridized carbons (Fsp3) is 0.938. The average molecular weight is 374 g/mol. The van der Waals surface area contributed by atoms with Gasteiger partial charge in [-0.3, -0.25) is 4.79 Å². The minimum absolute atomic E-state index is 0.00356. The van der Waals surface area contributed by atoms with Crippen molar-refractivity contribution in [2.75, 3.05) is 59.4 Å². The van der Waals surface area contributed by atoms with Crippen LogP contribution in [0.1, 0.15) is 32.1 Å². The second-order valence-electron chi connectivity index (χ2n) is 7.62. The Balaban J connectivity index is 1.57. The monoisotopic (exact) mass is 373 g/mol. The molecule has 9 heteroatoms. The first-order valence-electron chi connectivity index (χ1n) is 9.35. The van der Waals surface area contributed by atoms with Crippen LogP contribution in [0.3, 0.4) is 0 Å². The smallest absolute Gasteiger partial charge is 0.282 e. The Kier molecular flexibility index (Phi) is 5.69. The summed E-state index contributed by atoms with van der Waals surface area (Å²) in [6, 6.07) is 0. The number of likely N-dealkylation sites (N-methyl/N-ethyl adjacent to an activating group) is 1. The maximum absolute atomic E-state index is 12.8. The van der Waals surface area contributed by atoms with Gasteiger partial charge < -0.3 is 15.5 Å². The van der Waals surface area contributed by atoms with Gasteiger partial charge in [0.05, 0.1) is 5.54 Å². The van der Waals surface area contributed by atoms with E-state index in [4.69, 9.17) is 5.73 Å². The normalized spacial score (nSPS) is 27.4. The van der Waals surface area contributed by atoms with E-state index in [0.29, 0.717) is 39.3 Å². The first-order chi connectivity index (χ1) is 11.8. The summed E-state index contributed by atoms with van der Waals surface area (Å²) in [6.45, 7) is 4.16. The molecule has 3 rings (SSSR count). The molecule has 3 aliphatic rings. The maximum Gasteiger partial charge on any atom is 0.282 e. The lowest BCUT2D eigenvalue weighted by atomic mass is 9.81. The quantitative estimate of drug-likeness (QED) is 0.705. The van der Waals surface area contributed by atoms with Gasteiger partial charge in [-0.05, 0) is 19.9 Å². The summed E-state index contributed by atoms with van der Waals surface area (Å²) in [7, 11) is -1.42. The fourth-order valence-corrected chi connectivity index (χ4v) is 5.59. The van der Waals surface area contributed by atoms with E-state index in [1.807, 2.05) is 7.05 Å². The summed E-state index contributed by atoms with van der Waals surface area (Å²) in [4.78, 5) is 16.7. The lowest BCUT2D eigenvalue weighted by Crippen LogP contribution is -2.62. The summed E-state index contributed by atoms with van der Waals surface area (Å²) < 4.78 is 28.7. The van der Waals surface area contributed by atoms with Crippen LogP contribution in [0, 0.1) is 0 Å².